The van der Waals surface area contributed by atoms with Crippen molar-refractivity contribution < 1.29 is 28.5 Å². The van der Waals surface area contributed by atoms with Gasteiger partial charge in [-0.2, -0.15) is 0 Å². The van der Waals surface area contributed by atoms with Crippen LogP contribution in [0, 0.1) is 0 Å². The molecular weight excluding hydrogens is 364 g/mol. The number of anilines is 2. The Kier molecular flexibility index (Phi) is 5.88. The zero-order chi connectivity index (χ0) is 20.1. The van der Waals surface area contributed by atoms with Crippen LogP contribution in [0.15, 0.2) is 36.4 Å². The van der Waals surface area contributed by atoms with Gasteiger partial charge < -0.3 is 29.2 Å². The van der Waals surface area contributed by atoms with Gasteiger partial charge in [0.15, 0.2) is 23.0 Å². The van der Waals surface area contributed by atoms with Crippen LogP contribution >= 0.6 is 0 Å². The highest BCUT2D eigenvalue weighted by molar-refractivity contribution is 6.02. The molecule has 1 heterocycles. The molecule has 0 atom stereocenters. The second kappa shape index (κ2) is 8.51. The third-order valence-corrected chi connectivity index (χ3v) is 4.19. The first-order chi connectivity index (χ1) is 13.5. The van der Waals surface area contributed by atoms with Crippen LogP contribution in [0.4, 0.5) is 11.4 Å². The van der Waals surface area contributed by atoms with Crippen molar-refractivity contribution in [3.8, 4) is 23.0 Å². The lowest BCUT2D eigenvalue weighted by Gasteiger charge is -2.24. The van der Waals surface area contributed by atoms with Gasteiger partial charge >= 0.3 is 0 Å². The SMILES string of the molecule is COc1ccc(NC(=O)CN(C(C)=O)c2ccc3c(c2)OCCO3)cc1OC. The Morgan fingerprint density at radius 2 is 1.71 bits per heavy atom. The number of carbonyl (C=O) groups is 2. The first-order valence-corrected chi connectivity index (χ1v) is 8.71. The molecule has 1 aliphatic heterocycles. The number of methoxy groups -OCH3 is 2. The number of hydrogen-bond acceptors (Lipinski definition) is 6. The highest BCUT2D eigenvalue weighted by Crippen LogP contribution is 2.34. The average Bonchev–Trinajstić information content (AvgIpc) is 2.71. The molecule has 0 bridgehead atoms. The summed E-state index contributed by atoms with van der Waals surface area (Å²) >= 11 is 0. The molecule has 148 valence electrons. The van der Waals surface area contributed by atoms with Gasteiger partial charge in [0.25, 0.3) is 0 Å². The fourth-order valence-electron chi connectivity index (χ4n) is 2.84. The molecule has 8 heteroatoms. The van der Waals surface area contributed by atoms with Gasteiger partial charge in [-0.25, -0.2) is 0 Å². The summed E-state index contributed by atoms with van der Waals surface area (Å²) in [6.45, 7) is 2.18. The Morgan fingerprint density at radius 3 is 2.39 bits per heavy atom. The average molecular weight is 386 g/mol. The van der Waals surface area contributed by atoms with Gasteiger partial charge in [0.05, 0.1) is 14.2 Å². The van der Waals surface area contributed by atoms with Crippen molar-refractivity contribution in [2.75, 3.05) is 44.2 Å². The predicted octanol–water partition coefficient (Wildman–Crippen LogP) is 2.47. The second-order valence-electron chi connectivity index (χ2n) is 6.05. The van der Waals surface area contributed by atoms with Crippen LogP contribution in [-0.2, 0) is 9.59 Å². The third-order valence-electron chi connectivity index (χ3n) is 4.19. The summed E-state index contributed by atoms with van der Waals surface area (Å²) in [6, 6.07) is 10.2. The van der Waals surface area contributed by atoms with E-state index in [-0.39, 0.29) is 18.4 Å². The predicted molar refractivity (Wildman–Crippen MR) is 104 cm³/mol. The summed E-state index contributed by atoms with van der Waals surface area (Å²) in [4.78, 5) is 26.0. The van der Waals surface area contributed by atoms with Crippen molar-refractivity contribution in [2.24, 2.45) is 0 Å². The molecule has 0 unspecified atom stereocenters. The van der Waals surface area contributed by atoms with Crippen molar-refractivity contribution in [3.05, 3.63) is 36.4 Å². The van der Waals surface area contributed by atoms with Crippen LogP contribution < -0.4 is 29.2 Å². The summed E-state index contributed by atoms with van der Waals surface area (Å²) in [5, 5.41) is 2.76. The Bertz CT molecular complexity index is 883. The van der Waals surface area contributed by atoms with E-state index in [1.165, 1.54) is 26.0 Å². The van der Waals surface area contributed by atoms with E-state index in [0.717, 1.165) is 0 Å². The molecule has 28 heavy (non-hydrogen) atoms. The second-order valence-corrected chi connectivity index (χ2v) is 6.05. The van der Waals surface area contributed by atoms with Gasteiger partial charge in [0.1, 0.15) is 19.8 Å². The normalized spacial score (nSPS) is 12.1. The van der Waals surface area contributed by atoms with E-state index in [4.69, 9.17) is 18.9 Å². The Hall–Kier alpha value is -3.42. The summed E-state index contributed by atoms with van der Waals surface area (Å²) in [5.41, 5.74) is 1.09. The number of fused-ring (bicyclic) bond motifs is 1. The van der Waals surface area contributed by atoms with E-state index in [9.17, 15) is 9.59 Å². The fourth-order valence-corrected chi connectivity index (χ4v) is 2.84. The first-order valence-electron chi connectivity index (χ1n) is 8.71. The standard InChI is InChI=1S/C20H22N2O6/c1-13(23)22(15-5-7-17-19(11-15)28-9-8-27-17)12-20(24)21-14-4-6-16(25-2)18(10-14)26-3/h4-7,10-11H,8-9,12H2,1-3H3,(H,21,24). The molecule has 2 aromatic carbocycles. The largest absolute Gasteiger partial charge is 0.493 e. The molecular formula is C20H22N2O6. The van der Waals surface area contributed by atoms with E-state index in [1.54, 1.807) is 36.4 Å². The number of nitrogens with zero attached hydrogens (tertiary/aromatic N) is 1. The molecule has 0 fully saturated rings. The molecule has 0 saturated carbocycles. The topological polar surface area (TPSA) is 86.3 Å². The molecule has 2 amide bonds. The maximum atomic E-state index is 12.5. The Balaban J connectivity index is 1.74. The highest BCUT2D eigenvalue weighted by Gasteiger charge is 2.20. The molecule has 0 aromatic heterocycles. The molecule has 8 nitrogen and oxygen atoms in total. The van der Waals surface area contributed by atoms with E-state index in [1.807, 2.05) is 0 Å². The lowest BCUT2D eigenvalue weighted by molar-refractivity contribution is -0.120. The van der Waals surface area contributed by atoms with Crippen molar-refractivity contribution >= 4 is 23.2 Å². The molecule has 1 N–H and O–H groups in total. The van der Waals surface area contributed by atoms with E-state index >= 15 is 0 Å². The summed E-state index contributed by atoms with van der Waals surface area (Å²) < 4.78 is 21.5. The lowest BCUT2D eigenvalue weighted by Crippen LogP contribution is -2.36. The van der Waals surface area contributed by atoms with Crippen LogP contribution in [0.25, 0.3) is 0 Å². The minimum atomic E-state index is -0.350. The molecule has 0 spiro atoms. The van der Waals surface area contributed by atoms with Crippen LogP contribution in [-0.4, -0.2) is 45.8 Å². The summed E-state index contributed by atoms with van der Waals surface area (Å²) in [5.74, 6) is 1.61. The van der Waals surface area contributed by atoms with E-state index in [2.05, 4.69) is 5.32 Å². The van der Waals surface area contributed by atoms with Crippen molar-refractivity contribution in [1.82, 2.24) is 0 Å². The summed E-state index contributed by atoms with van der Waals surface area (Å²) in [6.07, 6.45) is 0. The maximum absolute atomic E-state index is 12.5. The number of benzene rings is 2. The van der Waals surface area contributed by atoms with Gasteiger partial charge in [-0.15, -0.1) is 0 Å². The van der Waals surface area contributed by atoms with Crippen molar-refractivity contribution in [2.45, 2.75) is 6.92 Å². The Labute approximate surface area is 162 Å². The molecule has 2 aromatic rings. The van der Waals surface area contributed by atoms with Crippen LogP contribution in [0.1, 0.15) is 6.92 Å². The minimum absolute atomic E-state index is 0.149. The quantitative estimate of drug-likeness (QED) is 0.821. The van der Waals surface area contributed by atoms with E-state index < -0.39 is 0 Å². The highest BCUT2D eigenvalue weighted by atomic mass is 16.6. The van der Waals surface area contributed by atoms with Gasteiger partial charge in [-0.1, -0.05) is 0 Å². The molecule has 0 saturated heterocycles. The van der Waals surface area contributed by atoms with Crippen molar-refractivity contribution in [1.29, 1.82) is 0 Å². The monoisotopic (exact) mass is 386 g/mol. The minimum Gasteiger partial charge on any atom is -0.493 e. The molecule has 3 rings (SSSR count). The molecule has 0 radical (unpaired) electrons. The van der Waals surface area contributed by atoms with Crippen LogP contribution in [0.3, 0.4) is 0 Å². The Morgan fingerprint density at radius 1 is 1.00 bits per heavy atom. The van der Waals surface area contributed by atoms with Gasteiger partial charge in [0, 0.05) is 30.4 Å². The summed E-state index contributed by atoms with van der Waals surface area (Å²) in [7, 11) is 3.05. The number of nitrogens with one attached hydrogen (secondary N) is 1. The third kappa shape index (κ3) is 4.28. The van der Waals surface area contributed by atoms with Gasteiger partial charge in [-0.05, 0) is 24.3 Å². The van der Waals surface area contributed by atoms with Crippen LogP contribution in [0.5, 0.6) is 23.0 Å². The lowest BCUT2D eigenvalue weighted by atomic mass is 10.2. The van der Waals surface area contributed by atoms with Gasteiger partial charge in [-0.3, -0.25) is 9.59 Å². The fraction of sp³-hybridized carbons (Fsp3) is 0.300. The number of ether oxygens (including phenoxy) is 4. The van der Waals surface area contributed by atoms with Gasteiger partial charge in [0.2, 0.25) is 11.8 Å². The zero-order valence-electron chi connectivity index (χ0n) is 16.0. The number of amides is 2. The maximum Gasteiger partial charge on any atom is 0.244 e. The first kappa shape index (κ1) is 19.3. The zero-order valence-corrected chi connectivity index (χ0v) is 16.0. The molecule has 0 aliphatic carbocycles. The van der Waals surface area contributed by atoms with Crippen molar-refractivity contribution in [3.63, 3.8) is 0 Å². The number of carbonyl (C=O) groups excluding carboxylic acids is 2. The number of hydrogen-bond donors (Lipinski definition) is 1. The number of rotatable bonds is 6. The molecule has 1 aliphatic rings. The van der Waals surface area contributed by atoms with Crippen LogP contribution in [0.2, 0.25) is 0 Å². The smallest absolute Gasteiger partial charge is 0.244 e. The van der Waals surface area contributed by atoms with E-state index in [0.29, 0.717) is 47.6 Å².